The number of nitro groups is 1. The van der Waals surface area contributed by atoms with Crippen molar-refractivity contribution in [1.82, 2.24) is 0 Å². The third-order valence-electron chi connectivity index (χ3n) is 3.35. The van der Waals surface area contributed by atoms with Gasteiger partial charge in [0.2, 0.25) is 0 Å². The number of non-ortho nitro benzene ring substituents is 1. The molecule has 0 aliphatic rings. The van der Waals surface area contributed by atoms with E-state index in [0.29, 0.717) is 5.69 Å². The number of rotatable bonds is 5. The molecule has 0 fully saturated rings. The Morgan fingerprint density at radius 2 is 1.96 bits per heavy atom. The average Bonchev–Trinajstić information content (AvgIpc) is 2.52. The lowest BCUT2D eigenvalue weighted by molar-refractivity contribution is -0.384. The summed E-state index contributed by atoms with van der Waals surface area (Å²) in [4.78, 5) is 24.4. The van der Waals surface area contributed by atoms with Gasteiger partial charge in [0, 0.05) is 26.2 Å². The number of esters is 1. The zero-order valence-corrected chi connectivity index (χ0v) is 13.3. The van der Waals surface area contributed by atoms with Crippen molar-refractivity contribution in [3.63, 3.8) is 0 Å². The van der Waals surface area contributed by atoms with E-state index in [1.165, 1.54) is 12.1 Å². The van der Waals surface area contributed by atoms with Crippen LogP contribution < -0.4 is 4.90 Å². The van der Waals surface area contributed by atoms with Crippen LogP contribution in [0.1, 0.15) is 21.5 Å². The lowest BCUT2D eigenvalue weighted by Gasteiger charge is -2.16. The maximum absolute atomic E-state index is 12.3. The van der Waals surface area contributed by atoms with E-state index in [1.807, 2.05) is 31.2 Å². The van der Waals surface area contributed by atoms with Crippen molar-refractivity contribution < 1.29 is 14.5 Å². The number of anilines is 1. The molecule has 2 rings (SSSR count). The summed E-state index contributed by atoms with van der Waals surface area (Å²) < 4.78 is 5.31. The van der Waals surface area contributed by atoms with Crippen LogP contribution in [0.5, 0.6) is 0 Å². The second kappa shape index (κ2) is 6.91. The van der Waals surface area contributed by atoms with Gasteiger partial charge in [-0.2, -0.15) is 0 Å². The smallest absolute Gasteiger partial charge is 0.340 e. The van der Waals surface area contributed by atoms with Gasteiger partial charge in [0.05, 0.1) is 16.2 Å². The van der Waals surface area contributed by atoms with Crippen LogP contribution >= 0.6 is 0 Å². The number of carbonyl (C=O) groups excluding carboxylic acids is 1. The molecular weight excluding hydrogens is 296 g/mol. The lowest BCUT2D eigenvalue weighted by atomic mass is 10.1. The molecule has 0 aliphatic carbocycles. The minimum atomic E-state index is -0.584. The molecule has 0 amide bonds. The summed E-state index contributed by atoms with van der Waals surface area (Å²) in [5, 5.41) is 10.9. The van der Waals surface area contributed by atoms with Gasteiger partial charge in [0.1, 0.15) is 6.61 Å². The molecule has 0 N–H and O–H groups in total. The molecule has 0 aromatic heterocycles. The Morgan fingerprint density at radius 3 is 2.57 bits per heavy atom. The Balaban J connectivity index is 2.23. The molecule has 120 valence electrons. The summed E-state index contributed by atoms with van der Waals surface area (Å²) in [6.45, 7) is 2.08. The van der Waals surface area contributed by atoms with Gasteiger partial charge in [-0.25, -0.2) is 4.79 Å². The molecule has 0 radical (unpaired) electrons. The number of hydrogen-bond acceptors (Lipinski definition) is 5. The van der Waals surface area contributed by atoms with E-state index in [-0.39, 0.29) is 17.9 Å². The number of nitrogens with zero attached hydrogens (tertiary/aromatic N) is 2. The van der Waals surface area contributed by atoms with Crippen LogP contribution in [0, 0.1) is 17.0 Å². The number of ether oxygens (including phenoxy) is 1. The second-order valence-corrected chi connectivity index (χ2v) is 5.42. The molecule has 0 heterocycles. The SMILES string of the molecule is Cc1cccc(COC(=O)c2cc([N+](=O)[O-])ccc2N(C)C)c1. The van der Waals surface area contributed by atoms with Gasteiger partial charge in [-0.15, -0.1) is 0 Å². The molecule has 0 saturated heterocycles. The fourth-order valence-electron chi connectivity index (χ4n) is 2.22. The summed E-state index contributed by atoms with van der Waals surface area (Å²) in [5.41, 5.74) is 2.55. The van der Waals surface area contributed by atoms with Gasteiger partial charge in [-0.1, -0.05) is 29.8 Å². The Labute approximate surface area is 134 Å². The molecule has 2 aromatic carbocycles. The molecule has 6 nitrogen and oxygen atoms in total. The van der Waals surface area contributed by atoms with E-state index in [1.54, 1.807) is 25.1 Å². The van der Waals surface area contributed by atoms with Gasteiger partial charge >= 0.3 is 5.97 Å². The Bertz CT molecular complexity index is 741. The van der Waals surface area contributed by atoms with Gasteiger partial charge in [-0.05, 0) is 18.6 Å². The van der Waals surface area contributed by atoms with Crippen molar-refractivity contribution in [3.8, 4) is 0 Å². The van der Waals surface area contributed by atoms with E-state index >= 15 is 0 Å². The molecule has 0 unspecified atom stereocenters. The van der Waals surface area contributed by atoms with Gasteiger partial charge in [-0.3, -0.25) is 10.1 Å². The minimum absolute atomic E-state index is 0.121. The van der Waals surface area contributed by atoms with Crippen LogP contribution in [0.15, 0.2) is 42.5 Å². The average molecular weight is 314 g/mol. The van der Waals surface area contributed by atoms with Crippen LogP contribution in [-0.4, -0.2) is 25.0 Å². The van der Waals surface area contributed by atoms with Crippen molar-refractivity contribution in [2.45, 2.75) is 13.5 Å². The van der Waals surface area contributed by atoms with E-state index in [0.717, 1.165) is 11.1 Å². The first kappa shape index (κ1) is 16.5. The number of carbonyl (C=O) groups is 1. The largest absolute Gasteiger partial charge is 0.457 e. The first-order valence-electron chi connectivity index (χ1n) is 7.07. The fourth-order valence-corrected chi connectivity index (χ4v) is 2.22. The van der Waals surface area contributed by atoms with Crippen molar-refractivity contribution >= 4 is 17.3 Å². The second-order valence-electron chi connectivity index (χ2n) is 5.42. The molecule has 2 aromatic rings. The minimum Gasteiger partial charge on any atom is -0.457 e. The van der Waals surface area contributed by atoms with Crippen LogP contribution in [-0.2, 0) is 11.3 Å². The number of aryl methyl sites for hydroxylation is 1. The van der Waals surface area contributed by atoms with E-state index < -0.39 is 10.9 Å². The monoisotopic (exact) mass is 314 g/mol. The predicted octanol–water partition coefficient (Wildman–Crippen LogP) is 3.33. The van der Waals surface area contributed by atoms with Crippen LogP contribution in [0.25, 0.3) is 0 Å². The predicted molar refractivity (Wildman–Crippen MR) is 87.7 cm³/mol. The van der Waals surface area contributed by atoms with Crippen molar-refractivity contribution in [2.24, 2.45) is 0 Å². The van der Waals surface area contributed by atoms with E-state index in [2.05, 4.69) is 0 Å². The van der Waals surface area contributed by atoms with Crippen molar-refractivity contribution in [3.05, 3.63) is 69.3 Å². The van der Waals surface area contributed by atoms with Crippen molar-refractivity contribution in [1.29, 1.82) is 0 Å². The molecular formula is C17H18N2O4. The third-order valence-corrected chi connectivity index (χ3v) is 3.35. The zero-order valence-electron chi connectivity index (χ0n) is 13.3. The third kappa shape index (κ3) is 4.06. The molecule has 23 heavy (non-hydrogen) atoms. The molecule has 0 spiro atoms. The number of nitro benzene ring substituents is 1. The Kier molecular flexibility index (Phi) is 4.95. The van der Waals surface area contributed by atoms with Crippen LogP contribution in [0.3, 0.4) is 0 Å². The van der Waals surface area contributed by atoms with E-state index in [9.17, 15) is 14.9 Å². The summed E-state index contributed by atoms with van der Waals surface area (Å²) in [6, 6.07) is 11.8. The summed E-state index contributed by atoms with van der Waals surface area (Å²) in [5.74, 6) is -0.584. The molecule has 0 aliphatic heterocycles. The molecule has 0 bridgehead atoms. The Hall–Kier alpha value is -2.89. The van der Waals surface area contributed by atoms with Crippen LogP contribution in [0.2, 0.25) is 0 Å². The summed E-state index contributed by atoms with van der Waals surface area (Å²) >= 11 is 0. The first-order valence-corrected chi connectivity index (χ1v) is 7.07. The number of benzene rings is 2. The van der Waals surface area contributed by atoms with Gasteiger partial charge in [0.25, 0.3) is 5.69 Å². The fraction of sp³-hybridized carbons (Fsp3) is 0.235. The van der Waals surface area contributed by atoms with Crippen molar-refractivity contribution in [2.75, 3.05) is 19.0 Å². The summed E-state index contributed by atoms with van der Waals surface area (Å²) in [6.07, 6.45) is 0. The summed E-state index contributed by atoms with van der Waals surface area (Å²) in [7, 11) is 3.52. The zero-order chi connectivity index (χ0) is 17.0. The highest BCUT2D eigenvalue weighted by Gasteiger charge is 2.19. The maximum atomic E-state index is 12.3. The molecule has 0 atom stereocenters. The Morgan fingerprint density at radius 1 is 1.22 bits per heavy atom. The lowest BCUT2D eigenvalue weighted by Crippen LogP contribution is -2.15. The van der Waals surface area contributed by atoms with Gasteiger partial charge in [0.15, 0.2) is 0 Å². The van der Waals surface area contributed by atoms with Gasteiger partial charge < -0.3 is 9.64 Å². The normalized spacial score (nSPS) is 10.2. The van der Waals surface area contributed by atoms with Crippen LogP contribution in [0.4, 0.5) is 11.4 Å². The highest BCUT2D eigenvalue weighted by Crippen LogP contribution is 2.25. The first-order chi connectivity index (χ1) is 10.9. The standard InChI is InChI=1S/C17H18N2O4/c1-12-5-4-6-13(9-12)11-23-17(20)15-10-14(19(21)22)7-8-16(15)18(2)3/h4-10H,11H2,1-3H3. The highest BCUT2D eigenvalue weighted by atomic mass is 16.6. The molecule has 6 heteroatoms. The van der Waals surface area contributed by atoms with E-state index in [4.69, 9.17) is 4.74 Å². The quantitative estimate of drug-likeness (QED) is 0.481. The number of hydrogen-bond donors (Lipinski definition) is 0. The molecule has 0 saturated carbocycles. The topological polar surface area (TPSA) is 72.7 Å². The maximum Gasteiger partial charge on any atom is 0.340 e. The highest BCUT2D eigenvalue weighted by molar-refractivity contribution is 5.96.